The number of halogens is 1. The molecule has 148 valence electrons. The average molecular weight is 475 g/mol. The van der Waals surface area contributed by atoms with Crippen molar-refractivity contribution in [1.29, 1.82) is 0 Å². The molecule has 0 bridgehead atoms. The molecule has 1 aromatic rings. The molecule has 1 heterocycles. The summed E-state index contributed by atoms with van der Waals surface area (Å²) in [5.41, 5.74) is 2.65. The second-order valence-electron chi connectivity index (χ2n) is 6.59. The van der Waals surface area contributed by atoms with Crippen LogP contribution in [0.25, 0.3) is 0 Å². The number of likely N-dealkylation sites (N-methyl/N-ethyl adjacent to an activating group) is 1. The third-order valence-corrected chi connectivity index (χ3v) is 4.53. The second-order valence-corrected chi connectivity index (χ2v) is 6.59. The van der Waals surface area contributed by atoms with Crippen molar-refractivity contribution in [3.8, 4) is 0 Å². The van der Waals surface area contributed by atoms with Crippen LogP contribution in [0.1, 0.15) is 17.5 Å². The lowest BCUT2D eigenvalue weighted by Gasteiger charge is -2.32. The molecule has 0 amide bonds. The van der Waals surface area contributed by atoms with Crippen LogP contribution >= 0.6 is 24.0 Å². The van der Waals surface area contributed by atoms with E-state index in [1.165, 1.54) is 24.2 Å². The summed E-state index contributed by atoms with van der Waals surface area (Å²) in [4.78, 5) is 9.16. The predicted molar refractivity (Wildman–Crippen MR) is 119 cm³/mol. The Hall–Kier alpha value is -0.900. The van der Waals surface area contributed by atoms with E-state index in [4.69, 9.17) is 4.74 Å². The number of nitrogens with one attached hydrogen (secondary N) is 2. The number of aliphatic imine (C=N–C) groups is 1. The van der Waals surface area contributed by atoms with Gasteiger partial charge in [-0.25, -0.2) is 0 Å². The van der Waals surface area contributed by atoms with Gasteiger partial charge in [-0.2, -0.15) is 0 Å². The number of nitrogens with zero attached hydrogens (tertiary/aromatic N) is 3. The molecule has 1 saturated heterocycles. The number of rotatable bonds is 8. The summed E-state index contributed by atoms with van der Waals surface area (Å²) in [6.45, 7) is 8.09. The predicted octanol–water partition coefficient (Wildman–Crippen LogP) is 1.75. The van der Waals surface area contributed by atoms with Crippen LogP contribution in [0.5, 0.6) is 0 Å². The van der Waals surface area contributed by atoms with E-state index in [1.54, 1.807) is 14.2 Å². The Kier molecular flexibility index (Phi) is 11.8. The maximum atomic E-state index is 5.05. The highest BCUT2D eigenvalue weighted by Crippen LogP contribution is 2.09. The van der Waals surface area contributed by atoms with Crippen LogP contribution in [0.4, 0.5) is 0 Å². The first kappa shape index (κ1) is 23.1. The van der Waals surface area contributed by atoms with Gasteiger partial charge >= 0.3 is 0 Å². The molecule has 0 saturated carbocycles. The Morgan fingerprint density at radius 1 is 1.08 bits per heavy atom. The topological polar surface area (TPSA) is 52.1 Å². The fourth-order valence-electron chi connectivity index (χ4n) is 2.86. The van der Waals surface area contributed by atoms with Gasteiger partial charge in [0.1, 0.15) is 0 Å². The number of guanidine groups is 1. The fourth-order valence-corrected chi connectivity index (χ4v) is 2.86. The maximum absolute atomic E-state index is 5.05. The molecule has 7 heteroatoms. The van der Waals surface area contributed by atoms with Crippen LogP contribution in [0.3, 0.4) is 0 Å². The standard InChI is InChI=1S/C19H33N5O.HI/c1-20-19(21-9-4-14-25-3)22-15-17-5-7-18(8-6-17)16-24-12-10-23(2)11-13-24;/h5-8H,4,9-16H2,1-3H3,(H2,20,21,22);1H. The van der Waals surface area contributed by atoms with Crippen LogP contribution < -0.4 is 10.6 Å². The summed E-state index contributed by atoms with van der Waals surface area (Å²) in [5.74, 6) is 0.831. The lowest BCUT2D eigenvalue weighted by atomic mass is 10.1. The molecular formula is C19H34IN5O. The third kappa shape index (κ3) is 8.66. The van der Waals surface area contributed by atoms with Crippen LogP contribution in [0, 0.1) is 0 Å². The molecule has 0 unspecified atom stereocenters. The van der Waals surface area contributed by atoms with Gasteiger partial charge in [0.2, 0.25) is 0 Å². The molecule has 0 aromatic heterocycles. The minimum Gasteiger partial charge on any atom is -0.385 e. The molecule has 1 aliphatic heterocycles. The second kappa shape index (κ2) is 13.3. The summed E-state index contributed by atoms with van der Waals surface area (Å²) < 4.78 is 5.05. The average Bonchev–Trinajstić information content (AvgIpc) is 2.64. The van der Waals surface area contributed by atoms with Crippen molar-refractivity contribution in [1.82, 2.24) is 20.4 Å². The summed E-state index contributed by atoms with van der Waals surface area (Å²) in [6.07, 6.45) is 0.970. The fraction of sp³-hybridized carbons (Fsp3) is 0.632. The number of ether oxygens (including phenoxy) is 1. The van der Waals surface area contributed by atoms with E-state index in [1.807, 2.05) is 0 Å². The lowest BCUT2D eigenvalue weighted by molar-refractivity contribution is 0.148. The molecule has 1 fully saturated rings. The van der Waals surface area contributed by atoms with E-state index in [-0.39, 0.29) is 24.0 Å². The highest BCUT2D eigenvalue weighted by atomic mass is 127. The number of hydrogen-bond acceptors (Lipinski definition) is 4. The molecule has 2 rings (SSSR count). The molecule has 0 atom stereocenters. The summed E-state index contributed by atoms with van der Waals surface area (Å²) >= 11 is 0. The zero-order chi connectivity index (χ0) is 17.9. The Morgan fingerprint density at radius 3 is 2.35 bits per heavy atom. The first-order valence-electron chi connectivity index (χ1n) is 9.13. The van der Waals surface area contributed by atoms with Gasteiger partial charge < -0.3 is 20.3 Å². The minimum atomic E-state index is 0. The van der Waals surface area contributed by atoms with Crippen LogP contribution in [-0.2, 0) is 17.8 Å². The monoisotopic (exact) mass is 475 g/mol. The smallest absolute Gasteiger partial charge is 0.191 e. The summed E-state index contributed by atoms with van der Waals surface area (Å²) in [5, 5.41) is 6.64. The highest BCUT2D eigenvalue weighted by Gasteiger charge is 2.13. The minimum absolute atomic E-state index is 0. The van der Waals surface area contributed by atoms with Crippen molar-refractivity contribution in [2.24, 2.45) is 4.99 Å². The molecule has 0 spiro atoms. The Morgan fingerprint density at radius 2 is 1.73 bits per heavy atom. The van der Waals surface area contributed by atoms with E-state index in [0.717, 1.165) is 51.7 Å². The van der Waals surface area contributed by atoms with Crippen LogP contribution in [0.2, 0.25) is 0 Å². The van der Waals surface area contributed by atoms with Gasteiger partial charge in [-0.1, -0.05) is 24.3 Å². The van der Waals surface area contributed by atoms with Crippen molar-refractivity contribution in [2.75, 3.05) is 60.5 Å². The van der Waals surface area contributed by atoms with Gasteiger partial charge in [0.05, 0.1) is 0 Å². The Labute approximate surface area is 175 Å². The molecular weight excluding hydrogens is 441 g/mol. The van der Waals surface area contributed by atoms with Crippen LogP contribution in [-0.4, -0.2) is 76.3 Å². The van der Waals surface area contributed by atoms with E-state index in [2.05, 4.69) is 56.7 Å². The molecule has 0 radical (unpaired) electrons. The Balaban J connectivity index is 0.00000338. The summed E-state index contributed by atoms with van der Waals surface area (Å²) in [6, 6.07) is 8.89. The van der Waals surface area contributed by atoms with Gasteiger partial charge in [-0.15, -0.1) is 24.0 Å². The molecule has 6 nitrogen and oxygen atoms in total. The third-order valence-electron chi connectivity index (χ3n) is 4.53. The zero-order valence-corrected chi connectivity index (χ0v) is 18.7. The normalized spacial score (nSPS) is 16.2. The summed E-state index contributed by atoms with van der Waals surface area (Å²) in [7, 11) is 5.71. The van der Waals surface area contributed by atoms with Gasteiger partial charge in [-0.05, 0) is 24.6 Å². The van der Waals surface area contributed by atoms with Crippen molar-refractivity contribution in [2.45, 2.75) is 19.5 Å². The van der Waals surface area contributed by atoms with Crippen LogP contribution in [0.15, 0.2) is 29.3 Å². The van der Waals surface area contributed by atoms with Crippen molar-refractivity contribution >= 4 is 29.9 Å². The molecule has 1 aliphatic rings. The van der Waals surface area contributed by atoms with E-state index in [9.17, 15) is 0 Å². The molecule has 2 N–H and O–H groups in total. The lowest BCUT2D eigenvalue weighted by Crippen LogP contribution is -2.43. The van der Waals surface area contributed by atoms with Gasteiger partial charge in [0.15, 0.2) is 5.96 Å². The van der Waals surface area contributed by atoms with Crippen molar-refractivity contribution < 1.29 is 4.74 Å². The largest absolute Gasteiger partial charge is 0.385 e. The maximum Gasteiger partial charge on any atom is 0.191 e. The molecule has 1 aromatic carbocycles. The number of hydrogen-bond donors (Lipinski definition) is 2. The quantitative estimate of drug-likeness (QED) is 0.260. The SMILES string of the molecule is CN=C(NCCCOC)NCc1ccc(CN2CCN(C)CC2)cc1.I. The van der Waals surface area contributed by atoms with Gasteiger partial charge in [-0.3, -0.25) is 9.89 Å². The zero-order valence-electron chi connectivity index (χ0n) is 16.3. The molecule has 26 heavy (non-hydrogen) atoms. The number of benzene rings is 1. The number of methoxy groups -OCH3 is 1. The van der Waals surface area contributed by atoms with Gasteiger partial charge in [0.25, 0.3) is 0 Å². The number of piperazine rings is 1. The molecule has 0 aliphatic carbocycles. The first-order chi connectivity index (χ1) is 12.2. The van der Waals surface area contributed by atoms with E-state index >= 15 is 0 Å². The van der Waals surface area contributed by atoms with Gasteiger partial charge in [0, 0.05) is 66.6 Å². The first-order valence-corrected chi connectivity index (χ1v) is 9.13. The highest BCUT2D eigenvalue weighted by molar-refractivity contribution is 14.0. The van der Waals surface area contributed by atoms with E-state index in [0.29, 0.717) is 0 Å². The Bertz CT molecular complexity index is 515. The van der Waals surface area contributed by atoms with E-state index < -0.39 is 0 Å². The van der Waals surface area contributed by atoms with Crippen molar-refractivity contribution in [3.05, 3.63) is 35.4 Å². The van der Waals surface area contributed by atoms with Crippen molar-refractivity contribution in [3.63, 3.8) is 0 Å².